The number of aromatic nitrogens is 5. The molecular formula is C23H14F5N5. The van der Waals surface area contributed by atoms with Gasteiger partial charge in [0.25, 0.3) is 0 Å². The number of hydrogen-bond acceptors (Lipinski definition) is 3. The van der Waals surface area contributed by atoms with Crippen LogP contribution in [0.5, 0.6) is 0 Å². The number of nitrogens with zero attached hydrogens (tertiary/aromatic N) is 5. The van der Waals surface area contributed by atoms with Gasteiger partial charge in [0.15, 0.2) is 5.82 Å². The second kappa shape index (κ2) is 7.80. The van der Waals surface area contributed by atoms with Crippen molar-refractivity contribution in [2.75, 3.05) is 0 Å². The Morgan fingerprint density at radius 2 is 1.70 bits per heavy atom. The highest BCUT2D eigenvalue weighted by Crippen LogP contribution is 2.32. The van der Waals surface area contributed by atoms with Gasteiger partial charge in [0, 0.05) is 18.2 Å². The van der Waals surface area contributed by atoms with Crippen molar-refractivity contribution >= 4 is 11.0 Å². The van der Waals surface area contributed by atoms with E-state index in [0.717, 1.165) is 24.3 Å². The lowest BCUT2D eigenvalue weighted by atomic mass is 10.1. The molecule has 2 aromatic heterocycles. The molecule has 5 nitrogen and oxygen atoms in total. The highest BCUT2D eigenvalue weighted by Gasteiger charge is 2.30. The Kier molecular flexibility index (Phi) is 4.92. The number of hydrogen-bond donors (Lipinski definition) is 0. The third kappa shape index (κ3) is 3.95. The number of benzene rings is 3. The van der Waals surface area contributed by atoms with E-state index in [4.69, 9.17) is 0 Å². The van der Waals surface area contributed by atoms with Crippen molar-refractivity contribution in [2.45, 2.75) is 12.7 Å². The lowest BCUT2D eigenvalue weighted by Gasteiger charge is -2.12. The van der Waals surface area contributed by atoms with Crippen LogP contribution in [0.25, 0.3) is 28.1 Å². The first-order chi connectivity index (χ1) is 15.8. The van der Waals surface area contributed by atoms with Crippen molar-refractivity contribution in [1.29, 1.82) is 0 Å². The van der Waals surface area contributed by atoms with E-state index in [0.29, 0.717) is 16.8 Å². The molecule has 2 heterocycles. The fourth-order valence-corrected chi connectivity index (χ4v) is 3.66. The smallest absolute Gasteiger partial charge is 0.319 e. The molecule has 0 unspecified atom stereocenters. The number of imidazole rings is 1. The average molecular weight is 455 g/mol. The van der Waals surface area contributed by atoms with Crippen molar-refractivity contribution in [3.8, 4) is 17.1 Å². The van der Waals surface area contributed by atoms with Crippen molar-refractivity contribution in [3.05, 3.63) is 96.1 Å². The maximum atomic E-state index is 14.5. The molecule has 5 rings (SSSR count). The first kappa shape index (κ1) is 20.8. The minimum absolute atomic E-state index is 0.0660. The predicted octanol–water partition coefficient (Wildman–Crippen LogP) is 5.63. The molecule has 0 aliphatic heterocycles. The van der Waals surface area contributed by atoms with Gasteiger partial charge in [-0.25, -0.2) is 23.4 Å². The minimum atomic E-state index is -4.51. The first-order valence-corrected chi connectivity index (χ1v) is 9.76. The molecule has 0 spiro atoms. The zero-order chi connectivity index (χ0) is 23.2. The summed E-state index contributed by atoms with van der Waals surface area (Å²) in [5.74, 6) is -1.37. The molecule has 0 N–H and O–H groups in total. The number of halogens is 5. The van der Waals surface area contributed by atoms with Gasteiger partial charge in [0.05, 0.1) is 16.8 Å². The SMILES string of the molecule is Fc1cc(F)c2nc(-c3ccc(-n4cncn4)cc3)n(Cc3cccc(C(F)(F)F)c3)c2c1. The van der Waals surface area contributed by atoms with E-state index in [2.05, 4.69) is 15.1 Å². The molecule has 0 fully saturated rings. The molecular weight excluding hydrogens is 441 g/mol. The molecule has 5 aromatic rings. The molecule has 166 valence electrons. The summed E-state index contributed by atoms with van der Waals surface area (Å²) in [4.78, 5) is 8.24. The van der Waals surface area contributed by atoms with Gasteiger partial charge in [0.2, 0.25) is 0 Å². The van der Waals surface area contributed by atoms with Gasteiger partial charge >= 0.3 is 6.18 Å². The Labute approximate surface area is 183 Å². The lowest BCUT2D eigenvalue weighted by molar-refractivity contribution is -0.137. The van der Waals surface area contributed by atoms with Gasteiger partial charge in [0.1, 0.15) is 29.8 Å². The molecule has 0 saturated heterocycles. The predicted molar refractivity (Wildman–Crippen MR) is 111 cm³/mol. The van der Waals surface area contributed by atoms with Crippen LogP contribution in [0.15, 0.2) is 73.3 Å². The zero-order valence-electron chi connectivity index (χ0n) is 16.8. The van der Waals surface area contributed by atoms with E-state index in [9.17, 15) is 22.0 Å². The summed E-state index contributed by atoms with van der Waals surface area (Å²) in [6, 6.07) is 13.6. The second-order valence-corrected chi connectivity index (χ2v) is 7.36. The molecule has 0 atom stereocenters. The Balaban J connectivity index is 1.64. The summed E-state index contributed by atoms with van der Waals surface area (Å²) in [5.41, 5.74) is 0.865. The van der Waals surface area contributed by atoms with Crippen LogP contribution in [0.1, 0.15) is 11.1 Å². The van der Waals surface area contributed by atoms with Gasteiger partial charge in [-0.2, -0.15) is 18.3 Å². The van der Waals surface area contributed by atoms with E-state index in [-0.39, 0.29) is 23.4 Å². The molecule has 0 radical (unpaired) electrons. The normalized spacial score (nSPS) is 11.9. The lowest BCUT2D eigenvalue weighted by Crippen LogP contribution is -2.07. The van der Waals surface area contributed by atoms with Gasteiger partial charge in [-0.3, -0.25) is 0 Å². The first-order valence-electron chi connectivity index (χ1n) is 9.76. The van der Waals surface area contributed by atoms with Crippen molar-refractivity contribution in [1.82, 2.24) is 24.3 Å². The van der Waals surface area contributed by atoms with E-state index in [1.807, 2.05) is 0 Å². The van der Waals surface area contributed by atoms with Crippen LogP contribution in [-0.4, -0.2) is 24.3 Å². The molecule has 0 saturated carbocycles. The van der Waals surface area contributed by atoms with Crippen molar-refractivity contribution < 1.29 is 22.0 Å². The summed E-state index contributed by atoms with van der Waals surface area (Å²) < 4.78 is 71.1. The topological polar surface area (TPSA) is 48.5 Å². The highest BCUT2D eigenvalue weighted by molar-refractivity contribution is 5.81. The van der Waals surface area contributed by atoms with Crippen LogP contribution in [0.3, 0.4) is 0 Å². The quantitative estimate of drug-likeness (QED) is 0.330. The van der Waals surface area contributed by atoms with Gasteiger partial charge in [-0.05, 0) is 48.0 Å². The van der Waals surface area contributed by atoms with E-state index in [1.54, 1.807) is 28.9 Å². The number of fused-ring (bicyclic) bond motifs is 1. The average Bonchev–Trinajstić information content (AvgIpc) is 3.43. The highest BCUT2D eigenvalue weighted by atomic mass is 19.4. The third-order valence-electron chi connectivity index (χ3n) is 5.18. The molecule has 33 heavy (non-hydrogen) atoms. The monoisotopic (exact) mass is 455 g/mol. The van der Waals surface area contributed by atoms with Crippen LogP contribution in [0, 0.1) is 11.6 Å². The van der Waals surface area contributed by atoms with Crippen LogP contribution < -0.4 is 0 Å². The van der Waals surface area contributed by atoms with Gasteiger partial charge in [-0.1, -0.05) is 12.1 Å². The van der Waals surface area contributed by atoms with Crippen molar-refractivity contribution in [3.63, 3.8) is 0 Å². The molecule has 0 aliphatic rings. The second-order valence-electron chi connectivity index (χ2n) is 7.36. The van der Waals surface area contributed by atoms with Crippen LogP contribution >= 0.6 is 0 Å². The number of alkyl halides is 3. The largest absolute Gasteiger partial charge is 0.416 e. The fraction of sp³-hybridized carbons (Fsp3) is 0.0870. The van der Waals surface area contributed by atoms with E-state index < -0.39 is 23.4 Å². The fourth-order valence-electron chi connectivity index (χ4n) is 3.66. The zero-order valence-corrected chi connectivity index (χ0v) is 16.8. The van der Waals surface area contributed by atoms with Crippen LogP contribution in [0.2, 0.25) is 0 Å². The Bertz CT molecular complexity index is 1440. The molecule has 10 heteroatoms. The van der Waals surface area contributed by atoms with Crippen LogP contribution in [-0.2, 0) is 12.7 Å². The molecule has 0 bridgehead atoms. The summed E-state index contributed by atoms with van der Waals surface area (Å²) >= 11 is 0. The van der Waals surface area contributed by atoms with Crippen molar-refractivity contribution in [2.24, 2.45) is 0 Å². The summed E-state index contributed by atoms with van der Waals surface area (Å²) in [6.45, 7) is -0.0660. The summed E-state index contributed by atoms with van der Waals surface area (Å²) in [7, 11) is 0. The van der Waals surface area contributed by atoms with E-state index in [1.165, 1.54) is 29.4 Å². The third-order valence-corrected chi connectivity index (χ3v) is 5.18. The van der Waals surface area contributed by atoms with Gasteiger partial charge in [-0.15, -0.1) is 0 Å². The molecule has 0 amide bonds. The standard InChI is InChI=1S/C23H14F5N5/c24-17-9-19(25)21-20(10-17)32(11-14-2-1-3-16(8-14)23(26,27)28)22(31-21)15-4-6-18(7-5-15)33-13-29-12-30-33/h1-10,12-13H,11H2. The Morgan fingerprint density at radius 1 is 0.909 bits per heavy atom. The summed E-state index contributed by atoms with van der Waals surface area (Å²) in [5, 5.41) is 4.05. The molecule has 3 aromatic carbocycles. The van der Waals surface area contributed by atoms with Crippen LogP contribution in [0.4, 0.5) is 22.0 Å². The summed E-state index contributed by atoms with van der Waals surface area (Å²) in [6.07, 6.45) is -1.60. The maximum Gasteiger partial charge on any atom is 0.416 e. The number of rotatable bonds is 4. The minimum Gasteiger partial charge on any atom is -0.319 e. The van der Waals surface area contributed by atoms with Gasteiger partial charge < -0.3 is 4.57 Å². The maximum absolute atomic E-state index is 14.5. The molecule has 0 aliphatic carbocycles. The Morgan fingerprint density at radius 3 is 2.39 bits per heavy atom. The van der Waals surface area contributed by atoms with E-state index >= 15 is 0 Å². The Hall–Kier alpha value is -4.08.